The molecule has 0 aliphatic rings. The Morgan fingerprint density at radius 3 is 1.74 bits per heavy atom. The van der Waals surface area contributed by atoms with Crippen molar-refractivity contribution in [2.75, 3.05) is 0 Å². The zero-order valence-corrected chi connectivity index (χ0v) is 25.0. The van der Waals surface area contributed by atoms with Crippen molar-refractivity contribution in [1.29, 1.82) is 0 Å². The smallest absolute Gasteiger partial charge is 0.323 e. The molecule has 0 bridgehead atoms. The third-order valence-electron chi connectivity index (χ3n) is 6.30. The van der Waals surface area contributed by atoms with Crippen LogP contribution in [0.3, 0.4) is 0 Å². The molecule has 220 valence electrons. The van der Waals surface area contributed by atoms with E-state index in [1.807, 2.05) is 13.8 Å². The molecule has 9 nitrogen and oxygen atoms in total. The van der Waals surface area contributed by atoms with E-state index in [0.717, 1.165) is 12.8 Å². The molecule has 1 rings (SSSR count). The van der Waals surface area contributed by atoms with E-state index in [0.29, 0.717) is 18.4 Å². The predicted octanol–water partition coefficient (Wildman–Crippen LogP) is 5.15. The summed E-state index contributed by atoms with van der Waals surface area (Å²) in [7, 11) is 0. The van der Waals surface area contributed by atoms with Crippen molar-refractivity contribution in [1.82, 2.24) is 0 Å². The summed E-state index contributed by atoms with van der Waals surface area (Å²) in [5.41, 5.74) is 6.03. The zero-order chi connectivity index (χ0) is 29.9. The molecule has 0 saturated heterocycles. The lowest BCUT2D eigenvalue weighted by atomic mass is 9.97. The first-order valence-corrected chi connectivity index (χ1v) is 13.8. The minimum Gasteiger partial charge on any atom is -0.458 e. The van der Waals surface area contributed by atoms with E-state index in [2.05, 4.69) is 0 Å². The van der Waals surface area contributed by atoms with Gasteiger partial charge < -0.3 is 24.7 Å². The molecule has 1 aromatic carbocycles. The Balaban J connectivity index is 3.02. The average molecular weight is 550 g/mol. The fourth-order valence-electron chi connectivity index (χ4n) is 3.51. The van der Waals surface area contributed by atoms with Gasteiger partial charge in [-0.15, -0.1) is 0 Å². The molecule has 1 aromatic rings. The van der Waals surface area contributed by atoms with Crippen LogP contribution < -0.4 is 15.2 Å². The Bertz CT molecular complexity index is 984. The third kappa shape index (κ3) is 11.4. The van der Waals surface area contributed by atoms with Crippen molar-refractivity contribution in [3.05, 3.63) is 23.8 Å². The van der Waals surface area contributed by atoms with E-state index < -0.39 is 47.5 Å². The normalized spacial score (nSPS) is 15.3. The average Bonchev–Trinajstić information content (AvgIpc) is 2.84. The Labute approximate surface area is 233 Å². The summed E-state index contributed by atoms with van der Waals surface area (Å²) in [6.45, 7) is 16.0. The SMILES string of the molecule is CCCC(C)C(=O)Oc1ccc(C[C@H](N)C(=O)O[C@@H](C)[C@H](C)OC(=O)C(C)(C)C)cc1OC(=O)C(C)CCC. The van der Waals surface area contributed by atoms with Gasteiger partial charge in [0.15, 0.2) is 11.5 Å². The zero-order valence-electron chi connectivity index (χ0n) is 25.0. The molecule has 0 fully saturated rings. The molecule has 0 aliphatic carbocycles. The summed E-state index contributed by atoms with van der Waals surface area (Å²) in [4.78, 5) is 50.0. The van der Waals surface area contributed by atoms with Crippen LogP contribution in [0.25, 0.3) is 0 Å². The van der Waals surface area contributed by atoms with Crippen molar-refractivity contribution >= 4 is 23.9 Å². The molecule has 5 atom stereocenters. The topological polar surface area (TPSA) is 131 Å². The minimum atomic E-state index is -1.03. The molecule has 0 aromatic heterocycles. The number of nitrogens with two attached hydrogens (primary N) is 1. The van der Waals surface area contributed by atoms with Crippen LogP contribution in [-0.2, 0) is 35.1 Å². The van der Waals surface area contributed by atoms with Crippen LogP contribution in [0.4, 0.5) is 0 Å². The Morgan fingerprint density at radius 2 is 1.26 bits per heavy atom. The van der Waals surface area contributed by atoms with E-state index in [1.165, 1.54) is 6.07 Å². The van der Waals surface area contributed by atoms with Gasteiger partial charge in [0.1, 0.15) is 18.2 Å². The van der Waals surface area contributed by atoms with Crippen molar-refractivity contribution in [3.8, 4) is 11.5 Å². The summed E-state index contributed by atoms with van der Waals surface area (Å²) in [5.74, 6) is -2.36. The van der Waals surface area contributed by atoms with Crippen LogP contribution in [0.15, 0.2) is 18.2 Å². The number of hydrogen-bond acceptors (Lipinski definition) is 9. The molecule has 0 amide bonds. The van der Waals surface area contributed by atoms with Gasteiger partial charge in [0.2, 0.25) is 0 Å². The fourth-order valence-corrected chi connectivity index (χ4v) is 3.51. The van der Waals surface area contributed by atoms with Gasteiger partial charge in [-0.1, -0.05) is 46.6 Å². The molecule has 9 heteroatoms. The number of ether oxygens (including phenoxy) is 4. The lowest BCUT2D eigenvalue weighted by Crippen LogP contribution is -2.40. The van der Waals surface area contributed by atoms with Crippen molar-refractivity contribution in [2.24, 2.45) is 23.0 Å². The number of carbonyl (C=O) groups is 4. The van der Waals surface area contributed by atoms with Gasteiger partial charge in [-0.05, 0) is 71.6 Å². The highest BCUT2D eigenvalue weighted by molar-refractivity contribution is 5.79. The van der Waals surface area contributed by atoms with Crippen molar-refractivity contribution in [3.63, 3.8) is 0 Å². The predicted molar refractivity (Wildman–Crippen MR) is 148 cm³/mol. The van der Waals surface area contributed by atoms with E-state index in [9.17, 15) is 19.2 Å². The van der Waals surface area contributed by atoms with Crippen molar-refractivity contribution < 1.29 is 38.1 Å². The number of benzene rings is 1. The molecule has 39 heavy (non-hydrogen) atoms. The Kier molecular flexibility index (Phi) is 13.6. The van der Waals surface area contributed by atoms with Gasteiger partial charge in [0, 0.05) is 0 Å². The summed E-state index contributed by atoms with van der Waals surface area (Å²) in [6.07, 6.45) is 1.68. The van der Waals surface area contributed by atoms with E-state index in [4.69, 9.17) is 24.7 Å². The van der Waals surface area contributed by atoms with Gasteiger partial charge in [-0.25, -0.2) is 0 Å². The largest absolute Gasteiger partial charge is 0.458 e. The third-order valence-corrected chi connectivity index (χ3v) is 6.30. The second-order valence-corrected chi connectivity index (χ2v) is 11.3. The minimum absolute atomic E-state index is 0.0806. The maximum atomic E-state index is 12.7. The standard InChI is InChI=1S/C30H47NO8/c1-10-12-18(3)26(32)38-24-15-14-22(17-25(24)39-27(33)19(4)13-11-2)16-23(31)28(34)36-20(5)21(6)37-29(35)30(7,8)9/h14-15,17-21,23H,10-13,16,31H2,1-9H3/t18?,19?,20-,21-,23-/m0/s1. The number of carbonyl (C=O) groups excluding carboxylic acids is 4. The molecule has 0 heterocycles. The second-order valence-electron chi connectivity index (χ2n) is 11.3. The number of esters is 4. The summed E-state index contributed by atoms with van der Waals surface area (Å²) in [6, 6.07) is 3.71. The van der Waals surface area contributed by atoms with E-state index in [-0.39, 0.29) is 29.8 Å². The van der Waals surface area contributed by atoms with Gasteiger partial charge in [0.05, 0.1) is 17.3 Å². The van der Waals surface area contributed by atoms with Crippen LogP contribution in [-0.4, -0.2) is 42.1 Å². The summed E-state index contributed by atoms with van der Waals surface area (Å²) < 4.78 is 22.0. The molecule has 2 N–H and O–H groups in total. The first kappa shape index (κ1) is 34.1. The molecular weight excluding hydrogens is 502 g/mol. The highest BCUT2D eigenvalue weighted by Gasteiger charge is 2.29. The summed E-state index contributed by atoms with van der Waals surface area (Å²) >= 11 is 0. The van der Waals surface area contributed by atoms with Crippen LogP contribution >= 0.6 is 0 Å². The number of rotatable bonds is 14. The molecule has 0 radical (unpaired) electrons. The van der Waals surface area contributed by atoms with E-state index >= 15 is 0 Å². The lowest BCUT2D eigenvalue weighted by molar-refractivity contribution is -0.171. The number of hydrogen-bond donors (Lipinski definition) is 1. The molecule has 2 unspecified atom stereocenters. The van der Waals surface area contributed by atoms with Crippen LogP contribution in [0.2, 0.25) is 0 Å². The van der Waals surface area contributed by atoms with Gasteiger partial charge >= 0.3 is 23.9 Å². The quantitative estimate of drug-likeness (QED) is 0.247. The fraction of sp³-hybridized carbons (Fsp3) is 0.667. The lowest BCUT2D eigenvalue weighted by Gasteiger charge is -2.25. The molecule has 0 spiro atoms. The molecule has 0 saturated carbocycles. The van der Waals surface area contributed by atoms with Gasteiger partial charge in [-0.2, -0.15) is 0 Å². The Morgan fingerprint density at radius 1 is 0.769 bits per heavy atom. The van der Waals surface area contributed by atoms with Crippen LogP contribution in [0.5, 0.6) is 11.5 Å². The maximum absolute atomic E-state index is 12.7. The Hall–Kier alpha value is -2.94. The van der Waals surface area contributed by atoms with Gasteiger partial charge in [0.25, 0.3) is 0 Å². The first-order valence-electron chi connectivity index (χ1n) is 13.8. The monoisotopic (exact) mass is 549 g/mol. The van der Waals surface area contributed by atoms with Crippen LogP contribution in [0, 0.1) is 17.3 Å². The summed E-state index contributed by atoms with van der Waals surface area (Å²) in [5, 5.41) is 0. The highest BCUT2D eigenvalue weighted by Crippen LogP contribution is 2.31. The van der Waals surface area contributed by atoms with Crippen molar-refractivity contribution in [2.45, 2.75) is 113 Å². The maximum Gasteiger partial charge on any atom is 0.323 e. The van der Waals surface area contributed by atoms with Crippen LogP contribution in [0.1, 0.15) is 93.6 Å². The molecule has 0 aliphatic heterocycles. The second kappa shape index (κ2) is 15.6. The molecular formula is C30H47NO8. The highest BCUT2D eigenvalue weighted by atomic mass is 16.6. The van der Waals surface area contributed by atoms with Gasteiger partial charge in [-0.3, -0.25) is 19.2 Å². The van der Waals surface area contributed by atoms with E-state index in [1.54, 1.807) is 60.6 Å². The first-order chi connectivity index (χ1) is 18.1.